The number of aromatic nitrogens is 2. The van der Waals surface area contributed by atoms with E-state index in [2.05, 4.69) is 12.0 Å². The molecule has 0 N–H and O–H groups in total. The average molecular weight is 222 g/mol. The molecular weight excluding hydrogens is 200 g/mol. The third-order valence-corrected chi connectivity index (χ3v) is 3.35. The van der Waals surface area contributed by atoms with Crippen LogP contribution in [0, 0.1) is 19.8 Å². The second kappa shape index (κ2) is 5.28. The van der Waals surface area contributed by atoms with Crippen molar-refractivity contribution in [3.05, 3.63) is 17.0 Å². The van der Waals surface area contributed by atoms with Crippen molar-refractivity contribution in [3.8, 4) is 0 Å². The lowest BCUT2D eigenvalue weighted by molar-refractivity contribution is -0.123. The third-order valence-electron chi connectivity index (χ3n) is 3.35. The summed E-state index contributed by atoms with van der Waals surface area (Å²) in [6.45, 7) is 10.6. The second-order valence-electron chi connectivity index (χ2n) is 4.44. The van der Waals surface area contributed by atoms with Crippen molar-refractivity contribution in [1.29, 1.82) is 0 Å². The van der Waals surface area contributed by atoms with Gasteiger partial charge in [0.05, 0.1) is 5.69 Å². The van der Waals surface area contributed by atoms with E-state index >= 15 is 0 Å². The van der Waals surface area contributed by atoms with Gasteiger partial charge in [0.15, 0.2) is 5.78 Å². The molecule has 3 nitrogen and oxygen atoms in total. The standard InChI is InChI=1S/C13H22N2O/c1-6-9(3)13(16)8-15-11(5)12(7-2)10(4)14-15/h9H,6-8H2,1-5H3. The molecular formula is C13H22N2O. The van der Waals surface area contributed by atoms with Gasteiger partial charge in [-0.15, -0.1) is 0 Å². The Bertz CT molecular complexity index is 380. The third kappa shape index (κ3) is 2.52. The largest absolute Gasteiger partial charge is 0.297 e. The van der Waals surface area contributed by atoms with E-state index in [1.165, 1.54) is 5.56 Å². The Morgan fingerprint density at radius 3 is 2.44 bits per heavy atom. The van der Waals surface area contributed by atoms with E-state index in [1.54, 1.807) is 0 Å². The fourth-order valence-electron chi connectivity index (χ4n) is 1.93. The number of hydrogen-bond acceptors (Lipinski definition) is 2. The molecule has 3 heteroatoms. The molecule has 0 aliphatic rings. The van der Waals surface area contributed by atoms with Crippen LogP contribution in [0.15, 0.2) is 0 Å². The molecule has 1 unspecified atom stereocenters. The smallest absolute Gasteiger partial charge is 0.157 e. The van der Waals surface area contributed by atoms with Gasteiger partial charge in [0.25, 0.3) is 0 Å². The molecule has 0 amide bonds. The SMILES string of the molecule is CCc1c(C)nn(CC(=O)C(C)CC)c1C. The summed E-state index contributed by atoms with van der Waals surface area (Å²) in [4.78, 5) is 11.8. The molecule has 0 aliphatic carbocycles. The maximum atomic E-state index is 11.8. The molecule has 16 heavy (non-hydrogen) atoms. The molecule has 0 saturated carbocycles. The number of Topliss-reactive ketones (excluding diaryl/α,β-unsaturated/α-hetero) is 1. The molecule has 0 aliphatic heterocycles. The van der Waals surface area contributed by atoms with Crippen LogP contribution in [-0.2, 0) is 17.8 Å². The van der Waals surface area contributed by atoms with Crippen LogP contribution >= 0.6 is 0 Å². The van der Waals surface area contributed by atoms with Crippen molar-refractivity contribution in [2.24, 2.45) is 5.92 Å². The predicted molar refractivity (Wildman–Crippen MR) is 65.5 cm³/mol. The fourth-order valence-corrected chi connectivity index (χ4v) is 1.93. The molecule has 0 bridgehead atoms. The predicted octanol–water partition coefficient (Wildman–Crippen LogP) is 2.68. The van der Waals surface area contributed by atoms with Gasteiger partial charge in [-0.05, 0) is 32.3 Å². The number of rotatable bonds is 5. The molecule has 0 saturated heterocycles. The Balaban J connectivity index is 2.86. The zero-order chi connectivity index (χ0) is 12.3. The maximum absolute atomic E-state index is 11.8. The molecule has 0 spiro atoms. The molecule has 1 aromatic rings. The summed E-state index contributed by atoms with van der Waals surface area (Å²) < 4.78 is 1.85. The number of hydrogen-bond donors (Lipinski definition) is 0. The number of aryl methyl sites for hydroxylation is 1. The minimum Gasteiger partial charge on any atom is -0.297 e. The lowest BCUT2D eigenvalue weighted by Gasteiger charge is -2.08. The summed E-state index contributed by atoms with van der Waals surface area (Å²) in [5, 5.41) is 4.43. The van der Waals surface area contributed by atoms with E-state index < -0.39 is 0 Å². The van der Waals surface area contributed by atoms with Crippen molar-refractivity contribution >= 4 is 5.78 Å². The molecule has 90 valence electrons. The van der Waals surface area contributed by atoms with Gasteiger partial charge in [-0.2, -0.15) is 5.10 Å². The zero-order valence-corrected chi connectivity index (χ0v) is 11.0. The van der Waals surface area contributed by atoms with Crippen molar-refractivity contribution in [2.75, 3.05) is 0 Å². The Morgan fingerprint density at radius 2 is 2.00 bits per heavy atom. The van der Waals surface area contributed by atoms with Crippen molar-refractivity contribution in [1.82, 2.24) is 9.78 Å². The Labute approximate surface area is 97.8 Å². The van der Waals surface area contributed by atoms with Crippen LogP contribution in [0.1, 0.15) is 44.1 Å². The average Bonchev–Trinajstić information content (AvgIpc) is 2.52. The summed E-state index contributed by atoms with van der Waals surface area (Å²) in [7, 11) is 0. The Morgan fingerprint density at radius 1 is 1.38 bits per heavy atom. The van der Waals surface area contributed by atoms with Crippen LogP contribution in [0.2, 0.25) is 0 Å². The molecule has 1 heterocycles. The van der Waals surface area contributed by atoms with Gasteiger partial charge in [0, 0.05) is 11.6 Å². The molecule has 1 atom stereocenters. The zero-order valence-electron chi connectivity index (χ0n) is 11.0. The summed E-state index contributed by atoms with van der Waals surface area (Å²) in [6.07, 6.45) is 1.88. The monoisotopic (exact) mass is 222 g/mol. The molecule has 1 aromatic heterocycles. The van der Waals surface area contributed by atoms with E-state index in [1.807, 2.05) is 32.4 Å². The van der Waals surface area contributed by atoms with E-state index in [-0.39, 0.29) is 11.7 Å². The number of carbonyl (C=O) groups excluding carboxylic acids is 1. The number of ketones is 1. The lowest BCUT2D eigenvalue weighted by atomic mass is 10.0. The highest BCUT2D eigenvalue weighted by Gasteiger charge is 2.15. The minimum absolute atomic E-state index is 0.133. The number of carbonyl (C=O) groups is 1. The van der Waals surface area contributed by atoms with Gasteiger partial charge in [-0.25, -0.2) is 0 Å². The highest BCUT2D eigenvalue weighted by Crippen LogP contribution is 2.14. The minimum atomic E-state index is 0.133. The molecule has 1 rings (SSSR count). The van der Waals surface area contributed by atoms with Crippen LogP contribution in [0.3, 0.4) is 0 Å². The van der Waals surface area contributed by atoms with Gasteiger partial charge in [0.1, 0.15) is 6.54 Å². The fraction of sp³-hybridized carbons (Fsp3) is 0.692. The second-order valence-corrected chi connectivity index (χ2v) is 4.44. The van der Waals surface area contributed by atoms with Crippen molar-refractivity contribution in [3.63, 3.8) is 0 Å². The normalized spacial score (nSPS) is 12.8. The summed E-state index contributed by atoms with van der Waals surface area (Å²) in [5.74, 6) is 0.407. The highest BCUT2D eigenvalue weighted by atomic mass is 16.1. The topological polar surface area (TPSA) is 34.9 Å². The Kier molecular flexibility index (Phi) is 4.27. The summed E-state index contributed by atoms with van der Waals surface area (Å²) in [5.41, 5.74) is 3.46. The van der Waals surface area contributed by atoms with Crippen LogP contribution in [0.5, 0.6) is 0 Å². The molecule has 0 fully saturated rings. The number of nitrogens with zero attached hydrogens (tertiary/aromatic N) is 2. The summed E-state index contributed by atoms with van der Waals surface area (Å²) in [6, 6.07) is 0. The van der Waals surface area contributed by atoms with Gasteiger partial charge in [0.2, 0.25) is 0 Å². The van der Waals surface area contributed by atoms with E-state index in [4.69, 9.17) is 0 Å². The quantitative estimate of drug-likeness (QED) is 0.767. The van der Waals surface area contributed by atoms with Crippen molar-refractivity contribution < 1.29 is 4.79 Å². The van der Waals surface area contributed by atoms with E-state index in [0.29, 0.717) is 6.54 Å². The van der Waals surface area contributed by atoms with Crippen LogP contribution in [0.4, 0.5) is 0 Å². The van der Waals surface area contributed by atoms with Gasteiger partial charge >= 0.3 is 0 Å². The van der Waals surface area contributed by atoms with Gasteiger partial charge in [-0.1, -0.05) is 20.8 Å². The maximum Gasteiger partial charge on any atom is 0.157 e. The molecule has 0 aromatic carbocycles. The van der Waals surface area contributed by atoms with Crippen LogP contribution in [-0.4, -0.2) is 15.6 Å². The van der Waals surface area contributed by atoms with Gasteiger partial charge < -0.3 is 0 Å². The van der Waals surface area contributed by atoms with Gasteiger partial charge in [-0.3, -0.25) is 9.48 Å². The first kappa shape index (κ1) is 12.9. The summed E-state index contributed by atoms with van der Waals surface area (Å²) >= 11 is 0. The Hall–Kier alpha value is -1.12. The molecule has 0 radical (unpaired) electrons. The lowest BCUT2D eigenvalue weighted by Crippen LogP contribution is -2.19. The van der Waals surface area contributed by atoms with E-state index in [9.17, 15) is 4.79 Å². The van der Waals surface area contributed by atoms with Crippen LogP contribution < -0.4 is 0 Å². The first-order chi connectivity index (χ1) is 7.51. The van der Waals surface area contributed by atoms with Crippen molar-refractivity contribution in [2.45, 2.75) is 54.0 Å². The first-order valence-corrected chi connectivity index (χ1v) is 6.06. The van der Waals surface area contributed by atoms with Crippen LogP contribution in [0.25, 0.3) is 0 Å². The van der Waals surface area contributed by atoms with E-state index in [0.717, 1.165) is 24.2 Å². The highest BCUT2D eigenvalue weighted by molar-refractivity contribution is 5.80. The first-order valence-electron chi connectivity index (χ1n) is 6.06.